The average Bonchev–Trinajstić information content (AvgIpc) is 2.60. The summed E-state index contributed by atoms with van der Waals surface area (Å²) in [7, 11) is 0. The molecule has 0 radical (unpaired) electrons. The van der Waals surface area contributed by atoms with Crippen LogP contribution in [0.3, 0.4) is 0 Å². The highest BCUT2D eigenvalue weighted by atomic mass is 79.9. The third-order valence-electron chi connectivity index (χ3n) is 4.33. The lowest BCUT2D eigenvalue weighted by atomic mass is 9.84. The molecule has 0 bridgehead atoms. The number of ketones is 2. The van der Waals surface area contributed by atoms with Gasteiger partial charge in [-0.25, -0.2) is 0 Å². The Kier molecular flexibility index (Phi) is 3.42. The van der Waals surface area contributed by atoms with Crippen LogP contribution in [0.25, 0.3) is 5.76 Å². The average molecular weight is 369 g/mol. The third-order valence-corrected chi connectivity index (χ3v) is 4.86. The van der Waals surface area contributed by atoms with Gasteiger partial charge in [-0.15, -0.1) is 0 Å². The minimum absolute atomic E-state index is 0.101. The third kappa shape index (κ3) is 2.34. The zero-order valence-corrected chi connectivity index (χ0v) is 13.8. The zero-order valence-electron chi connectivity index (χ0n) is 12.2. The van der Waals surface area contributed by atoms with Crippen LogP contribution in [0.1, 0.15) is 40.4 Å². The lowest BCUT2D eigenvalue weighted by molar-refractivity contribution is -0.112. The van der Waals surface area contributed by atoms with Gasteiger partial charge in [0.25, 0.3) is 0 Å². The molecule has 114 valence electrons. The zero-order chi connectivity index (χ0) is 16.0. The molecule has 1 aliphatic carbocycles. The summed E-state index contributed by atoms with van der Waals surface area (Å²) in [6, 6.07) is 15.1. The van der Waals surface area contributed by atoms with E-state index < -0.39 is 11.6 Å². The van der Waals surface area contributed by atoms with Gasteiger partial charge in [-0.2, -0.15) is 0 Å². The van der Waals surface area contributed by atoms with Gasteiger partial charge in [0.2, 0.25) is 11.6 Å². The molecule has 0 saturated carbocycles. The molecular weight excluding hydrogens is 356 g/mol. The van der Waals surface area contributed by atoms with Gasteiger partial charge >= 0.3 is 0 Å². The van der Waals surface area contributed by atoms with Crippen molar-refractivity contribution in [3.05, 3.63) is 75.3 Å². The van der Waals surface area contributed by atoms with Crippen LogP contribution in [0.4, 0.5) is 0 Å². The van der Waals surface area contributed by atoms with Crippen molar-refractivity contribution >= 4 is 33.3 Å². The maximum atomic E-state index is 12.3. The number of carbonyl (C=O) groups is 2. The summed E-state index contributed by atoms with van der Waals surface area (Å²) in [6.07, 6.45) is 1.16. The molecule has 1 aliphatic heterocycles. The second-order valence-corrected chi connectivity index (χ2v) is 6.62. The number of ether oxygens (including phenoxy) is 1. The predicted octanol–water partition coefficient (Wildman–Crippen LogP) is 4.48. The summed E-state index contributed by atoms with van der Waals surface area (Å²) in [5, 5.41) is 0. The summed E-state index contributed by atoms with van der Waals surface area (Å²) < 4.78 is 7.17. The number of benzene rings is 2. The summed E-state index contributed by atoms with van der Waals surface area (Å²) in [6.45, 7) is 0. The Hall–Kier alpha value is -2.20. The van der Waals surface area contributed by atoms with Gasteiger partial charge in [0.15, 0.2) is 0 Å². The van der Waals surface area contributed by atoms with Crippen LogP contribution in [0, 0.1) is 0 Å². The number of rotatable bonds is 1. The molecule has 3 nitrogen and oxygen atoms in total. The van der Waals surface area contributed by atoms with Crippen LogP contribution in [0.2, 0.25) is 0 Å². The van der Waals surface area contributed by atoms with Crippen LogP contribution in [-0.4, -0.2) is 11.6 Å². The van der Waals surface area contributed by atoms with Crippen LogP contribution in [0.5, 0.6) is 0 Å². The standard InChI is InChI=1S/C19H13BrO3/c20-12-7-5-11(6-8-12)16-10-9-15-18(22)17(21)13-3-1-2-4-14(13)19(15)23-16/h1-8,16H,9-10H2. The molecule has 0 N–H and O–H groups in total. The van der Waals surface area contributed by atoms with E-state index in [1.54, 1.807) is 12.1 Å². The number of carbonyl (C=O) groups excluding carboxylic acids is 2. The molecule has 4 heteroatoms. The van der Waals surface area contributed by atoms with E-state index in [1.807, 2.05) is 36.4 Å². The Morgan fingerprint density at radius 3 is 2.35 bits per heavy atom. The van der Waals surface area contributed by atoms with Crippen molar-refractivity contribution in [1.82, 2.24) is 0 Å². The molecule has 1 heterocycles. The van der Waals surface area contributed by atoms with Crippen molar-refractivity contribution in [3.63, 3.8) is 0 Å². The topological polar surface area (TPSA) is 43.4 Å². The largest absolute Gasteiger partial charge is 0.485 e. The van der Waals surface area contributed by atoms with Gasteiger partial charge in [-0.05, 0) is 30.5 Å². The number of Topliss-reactive ketones (excluding diaryl/α,β-unsaturated/α-hetero) is 2. The van der Waals surface area contributed by atoms with E-state index in [1.165, 1.54) is 0 Å². The molecule has 0 fully saturated rings. The minimum atomic E-state index is -0.426. The van der Waals surface area contributed by atoms with E-state index in [-0.39, 0.29) is 6.10 Å². The number of hydrogen-bond acceptors (Lipinski definition) is 3. The quantitative estimate of drug-likeness (QED) is 0.697. The summed E-state index contributed by atoms with van der Waals surface area (Å²) in [4.78, 5) is 24.5. The molecule has 1 unspecified atom stereocenters. The molecule has 0 amide bonds. The fourth-order valence-electron chi connectivity index (χ4n) is 3.15. The van der Waals surface area contributed by atoms with Crippen LogP contribution < -0.4 is 0 Å². The molecule has 2 aromatic carbocycles. The maximum Gasteiger partial charge on any atom is 0.234 e. The van der Waals surface area contributed by atoms with Crippen LogP contribution in [0.15, 0.2) is 58.6 Å². The first kappa shape index (κ1) is 14.4. The molecule has 2 aromatic rings. The van der Waals surface area contributed by atoms with Gasteiger partial charge in [0.1, 0.15) is 11.9 Å². The monoisotopic (exact) mass is 368 g/mol. The van der Waals surface area contributed by atoms with Gasteiger partial charge in [-0.1, -0.05) is 52.3 Å². The fourth-order valence-corrected chi connectivity index (χ4v) is 3.42. The summed E-state index contributed by atoms with van der Waals surface area (Å²) in [5.41, 5.74) is 2.75. The molecule has 23 heavy (non-hydrogen) atoms. The van der Waals surface area contributed by atoms with Crippen molar-refractivity contribution in [1.29, 1.82) is 0 Å². The number of hydrogen-bond donors (Lipinski definition) is 0. The van der Waals surface area contributed by atoms with E-state index in [9.17, 15) is 9.59 Å². The second-order valence-electron chi connectivity index (χ2n) is 5.71. The van der Waals surface area contributed by atoms with Gasteiger partial charge in [-0.3, -0.25) is 9.59 Å². The fraction of sp³-hybridized carbons (Fsp3) is 0.158. The van der Waals surface area contributed by atoms with Crippen LogP contribution >= 0.6 is 15.9 Å². The lowest BCUT2D eigenvalue weighted by Gasteiger charge is -2.31. The SMILES string of the molecule is O=C1C(=O)c2ccccc2C2=C1CCC(c1ccc(Br)cc1)O2. The lowest BCUT2D eigenvalue weighted by Crippen LogP contribution is -2.28. The molecule has 2 aliphatic rings. The minimum Gasteiger partial charge on any atom is -0.485 e. The van der Waals surface area contributed by atoms with Gasteiger partial charge in [0, 0.05) is 21.2 Å². The van der Waals surface area contributed by atoms with E-state index in [0.717, 1.165) is 15.6 Å². The van der Waals surface area contributed by atoms with E-state index >= 15 is 0 Å². The Bertz CT molecular complexity index is 849. The second kappa shape index (κ2) is 5.46. The van der Waals surface area contributed by atoms with Crippen molar-refractivity contribution in [2.45, 2.75) is 18.9 Å². The number of halogens is 1. The highest BCUT2D eigenvalue weighted by molar-refractivity contribution is 9.10. The van der Waals surface area contributed by atoms with Gasteiger partial charge < -0.3 is 4.74 Å². The first-order chi connectivity index (χ1) is 11.1. The molecule has 0 aromatic heterocycles. The summed E-state index contributed by atoms with van der Waals surface area (Å²) >= 11 is 3.43. The van der Waals surface area contributed by atoms with Crippen LogP contribution in [-0.2, 0) is 9.53 Å². The van der Waals surface area contributed by atoms with E-state index in [0.29, 0.717) is 29.7 Å². The van der Waals surface area contributed by atoms with Crippen molar-refractivity contribution in [3.8, 4) is 0 Å². The highest BCUT2D eigenvalue weighted by Crippen LogP contribution is 2.42. The normalized spacial score (nSPS) is 20.0. The molecule has 1 atom stereocenters. The molecule has 0 saturated heterocycles. The first-order valence-corrected chi connectivity index (χ1v) is 8.28. The number of allylic oxidation sites excluding steroid dienone is 1. The van der Waals surface area contributed by atoms with Crippen molar-refractivity contribution in [2.75, 3.05) is 0 Å². The smallest absolute Gasteiger partial charge is 0.234 e. The van der Waals surface area contributed by atoms with Crippen molar-refractivity contribution < 1.29 is 14.3 Å². The van der Waals surface area contributed by atoms with Gasteiger partial charge in [0.05, 0.1) is 0 Å². The number of fused-ring (bicyclic) bond motifs is 2. The molecule has 4 rings (SSSR count). The van der Waals surface area contributed by atoms with E-state index in [4.69, 9.17) is 4.74 Å². The maximum absolute atomic E-state index is 12.3. The Morgan fingerprint density at radius 1 is 0.913 bits per heavy atom. The Morgan fingerprint density at radius 2 is 1.61 bits per heavy atom. The Balaban J connectivity index is 1.76. The molecule has 0 spiro atoms. The summed E-state index contributed by atoms with van der Waals surface area (Å²) in [5.74, 6) is -0.276. The first-order valence-electron chi connectivity index (χ1n) is 7.49. The molecular formula is C19H13BrO3. The van der Waals surface area contributed by atoms with Crippen molar-refractivity contribution in [2.24, 2.45) is 0 Å². The Labute approximate surface area is 142 Å². The van der Waals surface area contributed by atoms with E-state index in [2.05, 4.69) is 15.9 Å². The predicted molar refractivity (Wildman–Crippen MR) is 89.9 cm³/mol. The highest BCUT2D eigenvalue weighted by Gasteiger charge is 2.37.